The molecule has 0 aliphatic heterocycles. The third-order valence-electron chi connectivity index (χ3n) is 3.29. The first-order valence-electron chi connectivity index (χ1n) is 6.37. The summed E-state index contributed by atoms with van der Waals surface area (Å²) >= 11 is 0. The Labute approximate surface area is 96.2 Å². The SMILES string of the molecule is C#CC(C)C(CCCC)CN(CC)CC. The van der Waals surface area contributed by atoms with Crippen LogP contribution in [0.1, 0.15) is 47.0 Å². The lowest BCUT2D eigenvalue weighted by molar-refractivity contribution is 0.219. The van der Waals surface area contributed by atoms with E-state index in [0.29, 0.717) is 11.8 Å². The molecule has 0 amide bonds. The fourth-order valence-electron chi connectivity index (χ4n) is 1.92. The van der Waals surface area contributed by atoms with Crippen LogP contribution in [0.2, 0.25) is 0 Å². The van der Waals surface area contributed by atoms with Gasteiger partial charge < -0.3 is 4.90 Å². The van der Waals surface area contributed by atoms with Gasteiger partial charge >= 0.3 is 0 Å². The molecule has 1 heteroatoms. The molecule has 0 aromatic rings. The van der Waals surface area contributed by atoms with Crippen molar-refractivity contribution in [1.82, 2.24) is 4.90 Å². The van der Waals surface area contributed by atoms with E-state index >= 15 is 0 Å². The van der Waals surface area contributed by atoms with E-state index < -0.39 is 0 Å². The van der Waals surface area contributed by atoms with Gasteiger partial charge in [-0.3, -0.25) is 0 Å². The van der Waals surface area contributed by atoms with Crippen molar-refractivity contribution in [3.8, 4) is 12.3 Å². The molecule has 0 spiro atoms. The summed E-state index contributed by atoms with van der Waals surface area (Å²) in [5.74, 6) is 3.99. The highest BCUT2D eigenvalue weighted by Gasteiger charge is 2.17. The van der Waals surface area contributed by atoms with Gasteiger partial charge in [0.05, 0.1) is 0 Å². The molecular weight excluding hydrogens is 182 g/mol. The van der Waals surface area contributed by atoms with E-state index in [9.17, 15) is 0 Å². The van der Waals surface area contributed by atoms with E-state index in [2.05, 4.69) is 38.5 Å². The number of nitrogens with zero attached hydrogens (tertiary/aromatic N) is 1. The molecule has 0 fully saturated rings. The van der Waals surface area contributed by atoms with Gasteiger partial charge in [-0.1, -0.05) is 40.5 Å². The summed E-state index contributed by atoms with van der Waals surface area (Å²) in [4.78, 5) is 2.48. The van der Waals surface area contributed by atoms with Crippen LogP contribution in [0.3, 0.4) is 0 Å². The Kier molecular flexibility index (Phi) is 8.52. The molecule has 2 atom stereocenters. The molecule has 1 nitrogen and oxygen atoms in total. The molecule has 0 N–H and O–H groups in total. The molecule has 0 radical (unpaired) electrons. The van der Waals surface area contributed by atoms with E-state index in [-0.39, 0.29) is 0 Å². The van der Waals surface area contributed by atoms with Crippen LogP contribution in [0, 0.1) is 24.2 Å². The molecule has 0 aliphatic rings. The molecule has 0 aliphatic carbocycles. The van der Waals surface area contributed by atoms with Crippen molar-refractivity contribution in [2.75, 3.05) is 19.6 Å². The van der Waals surface area contributed by atoms with E-state index in [1.165, 1.54) is 25.8 Å². The van der Waals surface area contributed by atoms with Crippen LogP contribution < -0.4 is 0 Å². The summed E-state index contributed by atoms with van der Waals surface area (Å²) in [6.07, 6.45) is 9.38. The minimum absolute atomic E-state index is 0.414. The number of unbranched alkanes of at least 4 members (excludes halogenated alkanes) is 1. The highest BCUT2D eigenvalue weighted by atomic mass is 15.1. The largest absolute Gasteiger partial charge is 0.304 e. The fourth-order valence-corrected chi connectivity index (χ4v) is 1.92. The van der Waals surface area contributed by atoms with Crippen molar-refractivity contribution in [2.24, 2.45) is 11.8 Å². The summed E-state index contributed by atoms with van der Waals surface area (Å²) in [5.41, 5.74) is 0. The topological polar surface area (TPSA) is 3.24 Å². The Hall–Kier alpha value is -0.480. The van der Waals surface area contributed by atoms with Crippen LogP contribution in [-0.4, -0.2) is 24.5 Å². The number of terminal acetylenes is 1. The second kappa shape index (κ2) is 8.80. The zero-order chi connectivity index (χ0) is 11.7. The standard InChI is InChI=1S/C14H27N/c1-6-10-11-14(13(5)7-2)12-15(8-3)9-4/h2,13-14H,6,8-12H2,1,3-5H3. The van der Waals surface area contributed by atoms with E-state index in [1.54, 1.807) is 0 Å². The Balaban J connectivity index is 4.17. The number of hydrogen-bond donors (Lipinski definition) is 0. The minimum Gasteiger partial charge on any atom is -0.304 e. The highest BCUT2D eigenvalue weighted by Crippen LogP contribution is 2.19. The molecule has 88 valence electrons. The predicted molar refractivity (Wildman–Crippen MR) is 68.8 cm³/mol. The van der Waals surface area contributed by atoms with Crippen LogP contribution >= 0.6 is 0 Å². The van der Waals surface area contributed by atoms with Crippen molar-refractivity contribution >= 4 is 0 Å². The van der Waals surface area contributed by atoms with Gasteiger partial charge in [-0.25, -0.2) is 0 Å². The molecular formula is C14H27N. The molecule has 0 aromatic heterocycles. The Morgan fingerprint density at radius 2 is 1.80 bits per heavy atom. The van der Waals surface area contributed by atoms with Crippen molar-refractivity contribution in [2.45, 2.75) is 47.0 Å². The zero-order valence-electron chi connectivity index (χ0n) is 10.9. The molecule has 0 bridgehead atoms. The van der Waals surface area contributed by atoms with Crippen LogP contribution in [0.25, 0.3) is 0 Å². The summed E-state index contributed by atoms with van der Waals surface area (Å²) < 4.78 is 0. The lowest BCUT2D eigenvalue weighted by Gasteiger charge is -2.27. The first kappa shape index (κ1) is 14.5. The molecule has 0 saturated carbocycles. The van der Waals surface area contributed by atoms with Crippen molar-refractivity contribution in [3.05, 3.63) is 0 Å². The Morgan fingerprint density at radius 1 is 1.20 bits per heavy atom. The monoisotopic (exact) mass is 209 g/mol. The van der Waals surface area contributed by atoms with Gasteiger partial charge in [0.25, 0.3) is 0 Å². The highest BCUT2D eigenvalue weighted by molar-refractivity contribution is 4.94. The lowest BCUT2D eigenvalue weighted by atomic mass is 9.89. The van der Waals surface area contributed by atoms with Gasteiger partial charge in [-0.15, -0.1) is 12.3 Å². The van der Waals surface area contributed by atoms with Gasteiger partial charge in [0.2, 0.25) is 0 Å². The van der Waals surface area contributed by atoms with Crippen LogP contribution in [0.5, 0.6) is 0 Å². The average molecular weight is 209 g/mol. The van der Waals surface area contributed by atoms with E-state index in [4.69, 9.17) is 6.42 Å². The first-order valence-corrected chi connectivity index (χ1v) is 6.37. The summed E-state index contributed by atoms with van der Waals surface area (Å²) in [6, 6.07) is 0. The van der Waals surface area contributed by atoms with Gasteiger partial charge in [-0.2, -0.15) is 0 Å². The maximum Gasteiger partial charge on any atom is 0.0212 e. The fraction of sp³-hybridized carbons (Fsp3) is 0.857. The number of rotatable bonds is 8. The third-order valence-corrected chi connectivity index (χ3v) is 3.29. The summed E-state index contributed by atoms with van der Waals surface area (Å²) in [7, 11) is 0. The predicted octanol–water partition coefficient (Wildman–Crippen LogP) is 3.40. The van der Waals surface area contributed by atoms with E-state index in [1.807, 2.05) is 0 Å². The van der Waals surface area contributed by atoms with Crippen molar-refractivity contribution < 1.29 is 0 Å². The van der Waals surface area contributed by atoms with Gasteiger partial charge in [0.1, 0.15) is 0 Å². The van der Waals surface area contributed by atoms with Crippen LogP contribution in [0.4, 0.5) is 0 Å². The average Bonchev–Trinajstić information content (AvgIpc) is 2.28. The number of hydrogen-bond acceptors (Lipinski definition) is 1. The smallest absolute Gasteiger partial charge is 0.0212 e. The Bertz CT molecular complexity index is 176. The second-order valence-electron chi connectivity index (χ2n) is 4.34. The van der Waals surface area contributed by atoms with Gasteiger partial charge in [0.15, 0.2) is 0 Å². The lowest BCUT2D eigenvalue weighted by Crippen LogP contribution is -2.31. The zero-order valence-corrected chi connectivity index (χ0v) is 10.9. The van der Waals surface area contributed by atoms with E-state index in [0.717, 1.165) is 13.1 Å². The summed E-state index contributed by atoms with van der Waals surface area (Å²) in [6.45, 7) is 12.3. The van der Waals surface area contributed by atoms with Crippen molar-refractivity contribution in [3.63, 3.8) is 0 Å². The third kappa shape index (κ3) is 5.85. The molecule has 0 saturated heterocycles. The summed E-state index contributed by atoms with van der Waals surface area (Å²) in [5, 5.41) is 0. The molecule has 15 heavy (non-hydrogen) atoms. The molecule has 2 unspecified atom stereocenters. The van der Waals surface area contributed by atoms with Gasteiger partial charge in [-0.05, 0) is 25.4 Å². The first-order chi connectivity index (χ1) is 7.19. The van der Waals surface area contributed by atoms with Crippen LogP contribution in [0.15, 0.2) is 0 Å². The maximum atomic E-state index is 5.53. The quantitative estimate of drug-likeness (QED) is 0.554. The normalized spacial score (nSPS) is 14.9. The van der Waals surface area contributed by atoms with Crippen LogP contribution in [-0.2, 0) is 0 Å². The maximum absolute atomic E-state index is 5.53. The molecule has 0 aromatic carbocycles. The molecule has 0 rings (SSSR count). The molecule has 0 heterocycles. The second-order valence-corrected chi connectivity index (χ2v) is 4.34. The van der Waals surface area contributed by atoms with Gasteiger partial charge in [0, 0.05) is 12.5 Å². The van der Waals surface area contributed by atoms with Crippen molar-refractivity contribution in [1.29, 1.82) is 0 Å². The minimum atomic E-state index is 0.414. The Morgan fingerprint density at radius 3 is 2.20 bits per heavy atom.